The van der Waals surface area contributed by atoms with Crippen LogP contribution in [-0.2, 0) is 22.4 Å². The Morgan fingerprint density at radius 1 is 0.800 bits per heavy atom. The first-order chi connectivity index (χ1) is 14.4. The predicted octanol–water partition coefficient (Wildman–Crippen LogP) is 6.53. The van der Waals surface area contributed by atoms with E-state index in [1.807, 2.05) is 60.7 Å². The summed E-state index contributed by atoms with van der Waals surface area (Å²) in [7, 11) is 0. The number of ether oxygens (including phenoxy) is 2. The summed E-state index contributed by atoms with van der Waals surface area (Å²) < 4.78 is 11.4. The van der Waals surface area contributed by atoms with E-state index < -0.39 is 11.6 Å². The molecule has 0 radical (unpaired) electrons. The van der Waals surface area contributed by atoms with Gasteiger partial charge in [0.05, 0.1) is 6.61 Å². The third-order valence-corrected chi connectivity index (χ3v) is 5.25. The molecule has 0 aliphatic carbocycles. The Bertz CT molecular complexity index is 967. The van der Waals surface area contributed by atoms with E-state index in [1.165, 1.54) is 5.56 Å². The van der Waals surface area contributed by atoms with Gasteiger partial charge in [-0.05, 0) is 73.4 Å². The molecule has 0 amide bonds. The molecule has 0 saturated carbocycles. The number of esters is 1. The van der Waals surface area contributed by atoms with Gasteiger partial charge in [0.15, 0.2) is 0 Å². The molecule has 3 rings (SSSR count). The number of halogens is 2. The molecule has 1 atom stereocenters. The van der Waals surface area contributed by atoms with Gasteiger partial charge in [-0.2, -0.15) is 0 Å². The largest absolute Gasteiger partial charge is 0.476 e. The number of carbonyl (C=O) groups excluding carboxylic acids is 1. The molecule has 0 aliphatic heterocycles. The molecule has 3 aromatic carbocycles. The molecule has 0 saturated heterocycles. The monoisotopic (exact) mass is 442 g/mol. The summed E-state index contributed by atoms with van der Waals surface area (Å²) in [6.45, 7) is 3.83. The van der Waals surface area contributed by atoms with Crippen LogP contribution in [0, 0.1) is 0 Å². The van der Waals surface area contributed by atoms with Crippen LogP contribution in [0.15, 0.2) is 72.8 Å². The average Bonchev–Trinajstić information content (AvgIpc) is 2.73. The molecular weight excluding hydrogens is 419 g/mol. The van der Waals surface area contributed by atoms with Crippen LogP contribution in [0.5, 0.6) is 5.75 Å². The van der Waals surface area contributed by atoms with Gasteiger partial charge in [-0.15, -0.1) is 0 Å². The summed E-state index contributed by atoms with van der Waals surface area (Å²) in [5, 5.41) is 1.37. The van der Waals surface area contributed by atoms with Crippen LogP contribution in [0.1, 0.15) is 30.5 Å². The van der Waals surface area contributed by atoms with Gasteiger partial charge in [0.1, 0.15) is 5.75 Å². The van der Waals surface area contributed by atoms with Crippen molar-refractivity contribution >= 4 is 29.2 Å². The van der Waals surface area contributed by atoms with E-state index >= 15 is 0 Å². The van der Waals surface area contributed by atoms with Crippen LogP contribution in [0.25, 0.3) is 0 Å². The summed E-state index contributed by atoms with van der Waals surface area (Å²) in [6, 6.07) is 22.9. The van der Waals surface area contributed by atoms with Crippen molar-refractivity contribution in [3.05, 3.63) is 99.5 Å². The quantitative estimate of drug-likeness (QED) is 0.372. The molecule has 0 bridgehead atoms. The first-order valence-electron chi connectivity index (χ1n) is 9.82. The molecule has 0 aliphatic rings. The second kappa shape index (κ2) is 10.0. The number of carbonyl (C=O) groups is 1. The predicted molar refractivity (Wildman–Crippen MR) is 122 cm³/mol. The van der Waals surface area contributed by atoms with Gasteiger partial charge < -0.3 is 9.47 Å². The Morgan fingerprint density at radius 2 is 1.27 bits per heavy atom. The minimum Gasteiger partial charge on any atom is -0.476 e. The van der Waals surface area contributed by atoms with Gasteiger partial charge in [-0.3, -0.25) is 0 Å². The summed E-state index contributed by atoms with van der Waals surface area (Å²) in [5.74, 6) is 0.213. The van der Waals surface area contributed by atoms with Crippen LogP contribution in [0.4, 0.5) is 0 Å². The molecule has 0 aromatic heterocycles. The van der Waals surface area contributed by atoms with Crippen molar-refractivity contribution in [2.24, 2.45) is 0 Å². The van der Waals surface area contributed by atoms with Crippen molar-refractivity contribution in [2.45, 2.75) is 32.3 Å². The molecule has 0 spiro atoms. The summed E-state index contributed by atoms with van der Waals surface area (Å²) in [5.41, 5.74) is 2.10. The number of benzene rings is 3. The number of hydrogen-bond donors (Lipinski definition) is 0. The van der Waals surface area contributed by atoms with Gasteiger partial charge in [0, 0.05) is 16.5 Å². The van der Waals surface area contributed by atoms with Gasteiger partial charge in [-0.25, -0.2) is 4.79 Å². The van der Waals surface area contributed by atoms with Gasteiger partial charge >= 0.3 is 5.97 Å². The van der Waals surface area contributed by atoms with Crippen LogP contribution in [0.2, 0.25) is 10.0 Å². The van der Waals surface area contributed by atoms with Gasteiger partial charge in [0.2, 0.25) is 5.60 Å². The molecule has 156 valence electrons. The Labute approximate surface area is 187 Å². The third-order valence-electron chi connectivity index (χ3n) is 4.75. The zero-order chi connectivity index (χ0) is 21.6. The van der Waals surface area contributed by atoms with Crippen LogP contribution < -0.4 is 4.74 Å². The van der Waals surface area contributed by atoms with E-state index in [4.69, 9.17) is 32.7 Å². The molecule has 5 heteroatoms. The fraction of sp³-hybridized carbons (Fsp3) is 0.240. The standard InChI is InChI=1S/C25H24Cl2O3/c1-3-29-24(28)25(2,17-20-6-12-22(27)13-7-20)30-23-14-8-19(9-15-23)16-18-4-10-21(26)11-5-18/h4-15H,3,16-17H2,1-2H3. The van der Waals surface area contributed by atoms with E-state index in [1.54, 1.807) is 26.0 Å². The molecule has 0 fully saturated rings. The maximum Gasteiger partial charge on any atom is 0.350 e. The Kier molecular flexibility index (Phi) is 7.41. The minimum atomic E-state index is -1.15. The van der Waals surface area contributed by atoms with Gasteiger partial charge in [-0.1, -0.05) is 59.6 Å². The maximum atomic E-state index is 12.7. The SMILES string of the molecule is CCOC(=O)C(C)(Cc1ccc(Cl)cc1)Oc1ccc(Cc2ccc(Cl)cc2)cc1. The van der Waals surface area contributed by atoms with E-state index in [9.17, 15) is 4.79 Å². The van der Waals surface area contributed by atoms with Crippen LogP contribution in [0.3, 0.4) is 0 Å². The van der Waals surface area contributed by atoms with Crippen molar-refractivity contribution in [2.75, 3.05) is 6.61 Å². The fourth-order valence-electron chi connectivity index (χ4n) is 3.20. The first-order valence-corrected chi connectivity index (χ1v) is 10.6. The van der Waals surface area contributed by atoms with E-state index in [-0.39, 0.29) is 0 Å². The van der Waals surface area contributed by atoms with Crippen LogP contribution >= 0.6 is 23.2 Å². The second-order valence-corrected chi connectivity index (χ2v) is 8.18. The third kappa shape index (κ3) is 6.01. The highest BCUT2D eigenvalue weighted by atomic mass is 35.5. The molecule has 3 aromatic rings. The van der Waals surface area contributed by atoms with Crippen molar-refractivity contribution < 1.29 is 14.3 Å². The zero-order valence-electron chi connectivity index (χ0n) is 17.0. The maximum absolute atomic E-state index is 12.7. The van der Waals surface area contributed by atoms with Crippen molar-refractivity contribution in [3.8, 4) is 5.75 Å². The molecule has 0 N–H and O–H groups in total. The highest BCUT2D eigenvalue weighted by molar-refractivity contribution is 6.30. The lowest BCUT2D eigenvalue weighted by Gasteiger charge is -2.28. The minimum absolute atomic E-state index is 0.290. The highest BCUT2D eigenvalue weighted by Crippen LogP contribution is 2.26. The molecule has 30 heavy (non-hydrogen) atoms. The van der Waals surface area contributed by atoms with Crippen molar-refractivity contribution in [1.29, 1.82) is 0 Å². The summed E-state index contributed by atoms with van der Waals surface area (Å²) >= 11 is 11.9. The Hall–Kier alpha value is -2.49. The van der Waals surface area contributed by atoms with E-state index in [0.29, 0.717) is 23.8 Å². The molecule has 3 nitrogen and oxygen atoms in total. The lowest BCUT2D eigenvalue weighted by molar-refractivity contribution is -0.160. The van der Waals surface area contributed by atoms with Crippen LogP contribution in [-0.4, -0.2) is 18.2 Å². The average molecular weight is 443 g/mol. The number of hydrogen-bond acceptors (Lipinski definition) is 3. The Balaban J connectivity index is 1.75. The van der Waals surface area contributed by atoms with E-state index in [2.05, 4.69) is 0 Å². The lowest BCUT2D eigenvalue weighted by atomic mass is 9.96. The molecular formula is C25H24Cl2O3. The van der Waals surface area contributed by atoms with E-state index in [0.717, 1.165) is 22.6 Å². The second-order valence-electron chi connectivity index (χ2n) is 7.30. The van der Waals surface area contributed by atoms with Crippen molar-refractivity contribution in [1.82, 2.24) is 0 Å². The molecule has 1 unspecified atom stereocenters. The summed E-state index contributed by atoms with van der Waals surface area (Å²) in [4.78, 5) is 12.7. The van der Waals surface area contributed by atoms with Gasteiger partial charge in [0.25, 0.3) is 0 Å². The Morgan fingerprint density at radius 3 is 1.77 bits per heavy atom. The highest BCUT2D eigenvalue weighted by Gasteiger charge is 2.37. The van der Waals surface area contributed by atoms with Crippen molar-refractivity contribution in [3.63, 3.8) is 0 Å². The smallest absolute Gasteiger partial charge is 0.350 e. The molecule has 0 heterocycles. The summed E-state index contributed by atoms with van der Waals surface area (Å²) in [6.07, 6.45) is 1.16. The normalized spacial score (nSPS) is 12.8. The first kappa shape index (κ1) is 22.2. The zero-order valence-corrected chi connectivity index (χ0v) is 18.5. The lowest BCUT2D eigenvalue weighted by Crippen LogP contribution is -2.45. The number of rotatable bonds is 8. The fourth-order valence-corrected chi connectivity index (χ4v) is 3.45. The topological polar surface area (TPSA) is 35.5 Å².